The molecule has 0 unspecified atom stereocenters. The standard InChI is InChI=1S/C16H22N2O2.HNO3/c1-20-15-8-6-7-13-14(9-11-18-16(13)15)17-10-4-2-3-5-12-19;2-1(3)4/h6-9,11,19H,2-5,10,12H2,1H3,(H,17,18);(H,2,3,4). The van der Waals surface area contributed by atoms with Gasteiger partial charge in [-0.2, -0.15) is 0 Å². The molecule has 2 aromatic rings. The highest BCUT2D eigenvalue weighted by Crippen LogP contribution is 2.28. The molecule has 0 atom stereocenters. The Morgan fingerprint density at radius 2 is 1.96 bits per heavy atom. The zero-order valence-corrected chi connectivity index (χ0v) is 13.6. The summed E-state index contributed by atoms with van der Waals surface area (Å²) in [7, 11) is 1.66. The van der Waals surface area contributed by atoms with Crippen LogP contribution in [0.1, 0.15) is 25.7 Å². The fourth-order valence-electron chi connectivity index (χ4n) is 2.28. The molecule has 0 saturated carbocycles. The number of unbranched alkanes of at least 4 members (excludes halogenated alkanes) is 3. The van der Waals surface area contributed by atoms with Crippen molar-refractivity contribution in [2.45, 2.75) is 25.7 Å². The number of aliphatic hydroxyl groups excluding tert-OH is 1. The van der Waals surface area contributed by atoms with Gasteiger partial charge in [-0.05, 0) is 25.0 Å². The molecular weight excluding hydrogens is 314 g/mol. The van der Waals surface area contributed by atoms with Crippen molar-refractivity contribution in [3.05, 3.63) is 40.6 Å². The number of para-hydroxylation sites is 1. The van der Waals surface area contributed by atoms with Crippen molar-refractivity contribution >= 4 is 16.6 Å². The van der Waals surface area contributed by atoms with Gasteiger partial charge in [-0.15, -0.1) is 10.1 Å². The van der Waals surface area contributed by atoms with Gasteiger partial charge in [0.05, 0.1) is 7.11 Å². The Balaban J connectivity index is 0.000000648. The van der Waals surface area contributed by atoms with Crippen LogP contribution in [0.2, 0.25) is 0 Å². The first-order valence-electron chi connectivity index (χ1n) is 7.70. The minimum Gasteiger partial charge on any atom is -0.494 e. The largest absolute Gasteiger partial charge is 0.494 e. The Morgan fingerprint density at radius 3 is 2.62 bits per heavy atom. The van der Waals surface area contributed by atoms with Crippen molar-refractivity contribution in [3.8, 4) is 5.75 Å². The summed E-state index contributed by atoms with van der Waals surface area (Å²) in [5.41, 5.74) is 1.98. The second kappa shape index (κ2) is 11.0. The number of nitrogens with one attached hydrogen (secondary N) is 1. The van der Waals surface area contributed by atoms with Gasteiger partial charge in [0.15, 0.2) is 0 Å². The number of benzene rings is 1. The molecule has 0 spiro atoms. The van der Waals surface area contributed by atoms with Gasteiger partial charge in [0.2, 0.25) is 0 Å². The molecule has 1 aromatic carbocycles. The van der Waals surface area contributed by atoms with Crippen molar-refractivity contribution in [2.75, 3.05) is 25.6 Å². The summed E-state index contributed by atoms with van der Waals surface area (Å²) in [5.74, 6) is 0.800. The minimum atomic E-state index is -1.50. The van der Waals surface area contributed by atoms with E-state index in [0.717, 1.165) is 54.6 Å². The molecule has 0 aliphatic rings. The molecule has 0 bridgehead atoms. The van der Waals surface area contributed by atoms with E-state index in [1.54, 1.807) is 13.3 Å². The van der Waals surface area contributed by atoms with E-state index in [0.29, 0.717) is 6.61 Å². The molecule has 24 heavy (non-hydrogen) atoms. The summed E-state index contributed by atoms with van der Waals surface area (Å²) in [4.78, 5) is 12.7. The molecule has 2 rings (SSSR count). The summed E-state index contributed by atoms with van der Waals surface area (Å²) in [5, 5.41) is 26.9. The van der Waals surface area contributed by atoms with Crippen molar-refractivity contribution in [2.24, 2.45) is 0 Å². The SMILES string of the molecule is COc1cccc2c(NCCCCCCO)ccnc12.O=[N+]([O-])O. The Labute approximate surface area is 140 Å². The fraction of sp³-hybridized carbons (Fsp3) is 0.438. The molecule has 132 valence electrons. The number of rotatable bonds is 8. The van der Waals surface area contributed by atoms with Crippen LogP contribution in [0.3, 0.4) is 0 Å². The van der Waals surface area contributed by atoms with Crippen LogP contribution in [0.15, 0.2) is 30.5 Å². The molecule has 0 saturated heterocycles. The number of nitrogens with zero attached hydrogens (tertiary/aromatic N) is 2. The maximum atomic E-state index is 8.73. The summed E-state index contributed by atoms with van der Waals surface area (Å²) in [6.45, 7) is 1.23. The van der Waals surface area contributed by atoms with Crippen LogP contribution in [0, 0.1) is 10.1 Å². The van der Waals surface area contributed by atoms with E-state index in [2.05, 4.69) is 16.4 Å². The molecule has 3 N–H and O–H groups in total. The number of pyridine rings is 1. The third-order valence-electron chi connectivity index (χ3n) is 3.35. The van der Waals surface area contributed by atoms with Crippen LogP contribution in [0.4, 0.5) is 5.69 Å². The zero-order chi connectivity index (χ0) is 17.8. The molecule has 0 amide bonds. The van der Waals surface area contributed by atoms with Crippen LogP contribution in [0.5, 0.6) is 5.75 Å². The molecule has 1 heterocycles. The van der Waals surface area contributed by atoms with Gasteiger partial charge in [0, 0.05) is 30.4 Å². The number of anilines is 1. The average molecular weight is 337 g/mol. The number of fused-ring (bicyclic) bond motifs is 1. The van der Waals surface area contributed by atoms with E-state index in [1.165, 1.54) is 0 Å². The Kier molecular flexibility index (Phi) is 8.91. The second-order valence-corrected chi connectivity index (χ2v) is 5.02. The first kappa shape index (κ1) is 19.4. The quantitative estimate of drug-likeness (QED) is 0.385. The number of hydrogen-bond acceptors (Lipinski definition) is 6. The van der Waals surface area contributed by atoms with E-state index < -0.39 is 5.09 Å². The predicted molar refractivity (Wildman–Crippen MR) is 91.1 cm³/mol. The summed E-state index contributed by atoms with van der Waals surface area (Å²) in [6, 6.07) is 7.96. The topological polar surface area (TPSA) is 118 Å². The van der Waals surface area contributed by atoms with Crippen LogP contribution in [-0.4, -0.2) is 40.6 Å². The molecule has 8 nitrogen and oxygen atoms in total. The van der Waals surface area contributed by atoms with Gasteiger partial charge in [-0.1, -0.05) is 25.0 Å². The fourth-order valence-corrected chi connectivity index (χ4v) is 2.28. The van der Waals surface area contributed by atoms with Gasteiger partial charge in [-0.25, -0.2) is 0 Å². The van der Waals surface area contributed by atoms with E-state index in [4.69, 9.17) is 25.2 Å². The van der Waals surface area contributed by atoms with Gasteiger partial charge in [-0.3, -0.25) is 4.98 Å². The van der Waals surface area contributed by atoms with Gasteiger partial charge in [0.1, 0.15) is 11.3 Å². The first-order chi connectivity index (χ1) is 11.6. The molecule has 0 aliphatic carbocycles. The zero-order valence-electron chi connectivity index (χ0n) is 13.6. The van der Waals surface area contributed by atoms with Gasteiger partial charge in [0.25, 0.3) is 5.09 Å². The maximum absolute atomic E-state index is 8.73. The smallest absolute Gasteiger partial charge is 0.291 e. The molecule has 0 fully saturated rings. The highest BCUT2D eigenvalue weighted by molar-refractivity contribution is 5.94. The Bertz CT molecular complexity index is 632. The Morgan fingerprint density at radius 1 is 1.25 bits per heavy atom. The maximum Gasteiger partial charge on any atom is 0.291 e. The second-order valence-electron chi connectivity index (χ2n) is 5.02. The lowest BCUT2D eigenvalue weighted by atomic mass is 10.1. The molecular formula is C16H23N3O5. The lowest BCUT2D eigenvalue weighted by molar-refractivity contribution is -0.742. The monoisotopic (exact) mass is 337 g/mol. The number of ether oxygens (including phenoxy) is 1. The number of aromatic nitrogens is 1. The third-order valence-corrected chi connectivity index (χ3v) is 3.35. The van der Waals surface area contributed by atoms with E-state index in [1.807, 2.05) is 18.2 Å². The number of hydrogen-bond donors (Lipinski definition) is 3. The predicted octanol–water partition coefficient (Wildman–Crippen LogP) is 2.86. The van der Waals surface area contributed by atoms with Crippen LogP contribution < -0.4 is 10.1 Å². The summed E-state index contributed by atoms with van der Waals surface area (Å²) in [6.07, 6.45) is 6.03. The molecule has 0 radical (unpaired) electrons. The van der Waals surface area contributed by atoms with Gasteiger partial charge < -0.3 is 20.4 Å². The summed E-state index contributed by atoms with van der Waals surface area (Å²) >= 11 is 0. The van der Waals surface area contributed by atoms with Crippen molar-refractivity contribution < 1.29 is 20.1 Å². The number of methoxy groups -OCH3 is 1. The van der Waals surface area contributed by atoms with Crippen LogP contribution in [0.25, 0.3) is 10.9 Å². The van der Waals surface area contributed by atoms with E-state index >= 15 is 0 Å². The van der Waals surface area contributed by atoms with Crippen LogP contribution in [-0.2, 0) is 0 Å². The summed E-state index contributed by atoms with van der Waals surface area (Å²) < 4.78 is 5.34. The first-order valence-corrected chi connectivity index (χ1v) is 7.70. The van der Waals surface area contributed by atoms with Crippen molar-refractivity contribution in [1.82, 2.24) is 4.98 Å². The third kappa shape index (κ3) is 6.66. The molecule has 8 heteroatoms. The lowest BCUT2D eigenvalue weighted by Gasteiger charge is -2.11. The molecule has 0 aliphatic heterocycles. The highest BCUT2D eigenvalue weighted by Gasteiger charge is 2.05. The van der Waals surface area contributed by atoms with E-state index in [9.17, 15) is 0 Å². The van der Waals surface area contributed by atoms with Crippen molar-refractivity contribution in [1.29, 1.82) is 0 Å². The van der Waals surface area contributed by atoms with Gasteiger partial charge >= 0.3 is 0 Å². The van der Waals surface area contributed by atoms with E-state index in [-0.39, 0.29) is 0 Å². The Hall–Kier alpha value is -2.61. The average Bonchev–Trinajstić information content (AvgIpc) is 2.57. The van der Waals surface area contributed by atoms with Crippen LogP contribution >= 0.6 is 0 Å². The normalized spacial score (nSPS) is 9.92. The number of aliphatic hydroxyl groups is 1. The molecule has 1 aromatic heterocycles. The van der Waals surface area contributed by atoms with Crippen molar-refractivity contribution in [3.63, 3.8) is 0 Å². The highest BCUT2D eigenvalue weighted by atomic mass is 16.9. The minimum absolute atomic E-state index is 0.294. The lowest BCUT2D eigenvalue weighted by Crippen LogP contribution is -2.02.